The molecule has 0 saturated heterocycles. The lowest BCUT2D eigenvalue weighted by Crippen LogP contribution is -2.48. The second kappa shape index (κ2) is 11.2. The van der Waals surface area contributed by atoms with Crippen molar-refractivity contribution in [1.29, 1.82) is 0 Å². The molecule has 1 unspecified atom stereocenters. The molecule has 2 atom stereocenters. The quantitative estimate of drug-likeness (QED) is 0.207. The standard InChI is InChI=1S/C32H37N3O3/c1-21-8-6-7-9-27(21)28(20-29(34-38)26-14-16-33-22(2)18-26)24-12-10-23(11-13-24)25-15-17-35(31(36)37)30(19-25)32(3,4)5/h6-14,16,18-19,28,30,38H,15,17,20H2,1-5H3,(H,36,37)/t28?,30-/m1/s1. The molecule has 2 aromatic carbocycles. The highest BCUT2D eigenvalue weighted by molar-refractivity contribution is 6.01. The van der Waals surface area contributed by atoms with Crippen LogP contribution in [0.25, 0.3) is 5.57 Å². The number of nitrogens with zero attached hydrogens (tertiary/aromatic N) is 3. The van der Waals surface area contributed by atoms with E-state index >= 15 is 0 Å². The molecular formula is C32H37N3O3. The van der Waals surface area contributed by atoms with E-state index in [9.17, 15) is 15.1 Å². The Kier molecular flexibility index (Phi) is 8.00. The van der Waals surface area contributed by atoms with Crippen molar-refractivity contribution in [2.75, 3.05) is 6.54 Å². The van der Waals surface area contributed by atoms with Crippen molar-refractivity contribution in [3.8, 4) is 0 Å². The van der Waals surface area contributed by atoms with Crippen molar-refractivity contribution in [3.63, 3.8) is 0 Å². The molecule has 0 fully saturated rings. The summed E-state index contributed by atoms with van der Waals surface area (Å²) in [5.74, 6) is -0.00483. The summed E-state index contributed by atoms with van der Waals surface area (Å²) in [7, 11) is 0. The van der Waals surface area contributed by atoms with Crippen LogP contribution in [0.4, 0.5) is 4.79 Å². The molecule has 3 aromatic rings. The Bertz CT molecular complexity index is 1350. The number of carboxylic acid groups (broad SMARTS) is 1. The van der Waals surface area contributed by atoms with Crippen LogP contribution in [0, 0.1) is 19.3 Å². The fourth-order valence-electron chi connectivity index (χ4n) is 5.37. The molecule has 6 heteroatoms. The molecule has 2 N–H and O–H groups in total. The van der Waals surface area contributed by atoms with Crippen LogP contribution in [0.5, 0.6) is 0 Å². The number of aryl methyl sites for hydroxylation is 2. The van der Waals surface area contributed by atoms with E-state index < -0.39 is 6.09 Å². The van der Waals surface area contributed by atoms with Gasteiger partial charge in [-0.15, -0.1) is 0 Å². The second-order valence-electron chi connectivity index (χ2n) is 11.2. The molecule has 0 spiro atoms. The Labute approximate surface area is 225 Å². The monoisotopic (exact) mass is 511 g/mol. The Morgan fingerprint density at radius 3 is 2.42 bits per heavy atom. The molecule has 1 amide bonds. The van der Waals surface area contributed by atoms with Crippen LogP contribution in [-0.2, 0) is 0 Å². The number of benzene rings is 2. The summed E-state index contributed by atoms with van der Waals surface area (Å²) in [6.07, 6.45) is 4.20. The van der Waals surface area contributed by atoms with Gasteiger partial charge in [-0.1, -0.05) is 80.5 Å². The fourth-order valence-corrected chi connectivity index (χ4v) is 5.37. The van der Waals surface area contributed by atoms with Gasteiger partial charge in [0.1, 0.15) is 0 Å². The van der Waals surface area contributed by atoms with Gasteiger partial charge in [-0.3, -0.25) is 4.98 Å². The first-order valence-electron chi connectivity index (χ1n) is 13.1. The highest BCUT2D eigenvalue weighted by atomic mass is 16.4. The summed E-state index contributed by atoms with van der Waals surface area (Å²) < 4.78 is 0. The minimum atomic E-state index is -0.873. The predicted molar refractivity (Wildman–Crippen MR) is 152 cm³/mol. The normalized spacial score (nSPS) is 17.2. The van der Waals surface area contributed by atoms with Crippen LogP contribution in [-0.4, -0.2) is 44.6 Å². The third kappa shape index (κ3) is 5.96. The molecule has 0 saturated carbocycles. The number of carbonyl (C=O) groups is 1. The van der Waals surface area contributed by atoms with Crippen molar-refractivity contribution in [1.82, 2.24) is 9.88 Å². The fraction of sp³-hybridized carbons (Fsp3) is 0.344. The number of amides is 1. The van der Waals surface area contributed by atoms with E-state index in [1.54, 1.807) is 11.1 Å². The smallest absolute Gasteiger partial charge is 0.407 e. The number of pyridine rings is 1. The van der Waals surface area contributed by atoms with E-state index in [0.717, 1.165) is 22.4 Å². The molecule has 6 nitrogen and oxygen atoms in total. The lowest BCUT2D eigenvalue weighted by atomic mass is 9.80. The van der Waals surface area contributed by atoms with E-state index in [4.69, 9.17) is 0 Å². The first-order valence-corrected chi connectivity index (χ1v) is 13.1. The lowest BCUT2D eigenvalue weighted by Gasteiger charge is -2.40. The summed E-state index contributed by atoms with van der Waals surface area (Å²) >= 11 is 0. The maximum Gasteiger partial charge on any atom is 0.407 e. The average molecular weight is 512 g/mol. The van der Waals surface area contributed by atoms with E-state index in [0.29, 0.717) is 25.1 Å². The van der Waals surface area contributed by atoms with E-state index in [1.165, 1.54) is 16.7 Å². The van der Waals surface area contributed by atoms with Crippen LogP contribution in [0.1, 0.15) is 73.0 Å². The van der Waals surface area contributed by atoms with Crippen molar-refractivity contribution < 1.29 is 15.1 Å². The maximum atomic E-state index is 11.8. The summed E-state index contributed by atoms with van der Waals surface area (Å²) in [5.41, 5.74) is 7.93. The molecule has 0 radical (unpaired) electrons. The summed E-state index contributed by atoms with van der Waals surface area (Å²) in [6.45, 7) is 10.7. The Morgan fingerprint density at radius 1 is 1.11 bits per heavy atom. The molecule has 2 heterocycles. The van der Waals surface area contributed by atoms with Gasteiger partial charge in [0.05, 0.1) is 11.8 Å². The van der Waals surface area contributed by atoms with Gasteiger partial charge in [0.2, 0.25) is 0 Å². The van der Waals surface area contributed by atoms with Crippen molar-refractivity contribution >= 4 is 17.4 Å². The number of aromatic nitrogens is 1. The summed E-state index contributed by atoms with van der Waals surface area (Å²) in [5, 5.41) is 23.4. The second-order valence-corrected chi connectivity index (χ2v) is 11.2. The molecular weight excluding hydrogens is 474 g/mol. The maximum absolute atomic E-state index is 11.8. The number of oxime groups is 1. The number of hydrogen-bond donors (Lipinski definition) is 2. The third-order valence-electron chi connectivity index (χ3n) is 7.45. The SMILES string of the molecule is Cc1cc(C(CC(c2ccc(C3=C[C@H](C(C)(C)C)N(C(=O)O)CC3)cc2)c2ccccc2C)=NO)ccn1. The van der Waals surface area contributed by atoms with Gasteiger partial charge >= 0.3 is 6.09 Å². The van der Waals surface area contributed by atoms with Gasteiger partial charge in [-0.25, -0.2) is 4.79 Å². The molecule has 198 valence electrons. The van der Waals surface area contributed by atoms with E-state index in [-0.39, 0.29) is 17.4 Å². The zero-order valence-electron chi connectivity index (χ0n) is 22.8. The number of hydrogen-bond acceptors (Lipinski definition) is 4. The summed E-state index contributed by atoms with van der Waals surface area (Å²) in [6, 6.07) is 20.5. The highest BCUT2D eigenvalue weighted by Crippen LogP contribution is 2.36. The predicted octanol–water partition coefficient (Wildman–Crippen LogP) is 7.28. The van der Waals surface area contributed by atoms with E-state index in [1.807, 2.05) is 31.2 Å². The largest absolute Gasteiger partial charge is 0.465 e. The van der Waals surface area contributed by atoms with Crippen molar-refractivity contribution in [2.45, 2.75) is 59.4 Å². The zero-order valence-corrected chi connectivity index (χ0v) is 22.8. The molecule has 4 rings (SSSR count). The van der Waals surface area contributed by atoms with Crippen LogP contribution in [0.15, 0.2) is 78.1 Å². The minimum Gasteiger partial charge on any atom is -0.465 e. The third-order valence-corrected chi connectivity index (χ3v) is 7.45. The molecule has 0 bridgehead atoms. The highest BCUT2D eigenvalue weighted by Gasteiger charge is 2.34. The van der Waals surface area contributed by atoms with Gasteiger partial charge < -0.3 is 15.2 Å². The zero-order chi connectivity index (χ0) is 27.4. The molecule has 1 aliphatic heterocycles. The number of rotatable bonds is 6. The average Bonchev–Trinajstić information content (AvgIpc) is 2.89. The van der Waals surface area contributed by atoms with Crippen LogP contribution in [0.2, 0.25) is 0 Å². The Balaban J connectivity index is 1.69. The topological polar surface area (TPSA) is 86.0 Å². The van der Waals surface area contributed by atoms with Gasteiger partial charge in [-0.05, 0) is 65.6 Å². The van der Waals surface area contributed by atoms with Crippen LogP contribution >= 0.6 is 0 Å². The first-order chi connectivity index (χ1) is 18.1. The van der Waals surface area contributed by atoms with Gasteiger partial charge in [-0.2, -0.15) is 0 Å². The van der Waals surface area contributed by atoms with Crippen molar-refractivity contribution in [3.05, 3.63) is 106 Å². The molecule has 1 aromatic heterocycles. The van der Waals surface area contributed by atoms with Gasteiger partial charge in [0, 0.05) is 36.3 Å². The van der Waals surface area contributed by atoms with Crippen molar-refractivity contribution in [2.24, 2.45) is 10.6 Å². The van der Waals surface area contributed by atoms with Gasteiger partial charge in [0.15, 0.2) is 0 Å². The first kappa shape index (κ1) is 27.1. The van der Waals surface area contributed by atoms with Crippen LogP contribution in [0.3, 0.4) is 0 Å². The van der Waals surface area contributed by atoms with Crippen LogP contribution < -0.4 is 0 Å². The Morgan fingerprint density at radius 2 is 1.82 bits per heavy atom. The Hall–Kier alpha value is -3.93. The minimum absolute atomic E-state index is 0.00483. The van der Waals surface area contributed by atoms with E-state index in [2.05, 4.69) is 80.3 Å². The lowest BCUT2D eigenvalue weighted by molar-refractivity contribution is 0.100. The van der Waals surface area contributed by atoms with Gasteiger partial charge in [0.25, 0.3) is 0 Å². The molecule has 0 aliphatic carbocycles. The molecule has 38 heavy (non-hydrogen) atoms. The molecule has 1 aliphatic rings. The summed E-state index contributed by atoms with van der Waals surface area (Å²) in [4.78, 5) is 17.7.